The maximum Gasteiger partial charge on any atom is 0.306 e. The number of hydrogen-bond donors (Lipinski definition) is 1. The van der Waals surface area contributed by atoms with E-state index in [-0.39, 0.29) is 24.5 Å². The van der Waals surface area contributed by atoms with Gasteiger partial charge in [-0.1, -0.05) is 48.6 Å². The minimum atomic E-state index is -0.602. The highest BCUT2D eigenvalue weighted by Crippen LogP contribution is 2.25. The summed E-state index contributed by atoms with van der Waals surface area (Å²) in [5.41, 5.74) is 3.74. The van der Waals surface area contributed by atoms with E-state index >= 15 is 0 Å². The Kier molecular flexibility index (Phi) is 11.1. The van der Waals surface area contributed by atoms with Crippen LogP contribution in [0.15, 0.2) is 48.5 Å². The Morgan fingerprint density at radius 3 is 2.86 bits per heavy atom. The Morgan fingerprint density at radius 2 is 2.08 bits per heavy atom. The van der Waals surface area contributed by atoms with Crippen molar-refractivity contribution in [1.29, 1.82) is 0 Å². The fourth-order valence-electron chi connectivity index (χ4n) is 4.75. The van der Waals surface area contributed by atoms with E-state index in [1.807, 2.05) is 55.5 Å². The molecule has 2 aromatic carbocycles. The topological polar surface area (TPSA) is 59.0 Å². The lowest BCUT2D eigenvalue weighted by atomic mass is 10.0. The first-order valence-corrected chi connectivity index (χ1v) is 13.1. The van der Waals surface area contributed by atoms with Gasteiger partial charge in [-0.15, -0.1) is 0 Å². The van der Waals surface area contributed by atoms with Crippen LogP contribution in [0.5, 0.6) is 0 Å². The third-order valence-corrected chi connectivity index (χ3v) is 6.74. The Bertz CT molecular complexity index is 1010. The van der Waals surface area contributed by atoms with Crippen molar-refractivity contribution in [3.63, 3.8) is 0 Å². The number of ether oxygens (including phenoxy) is 2. The summed E-state index contributed by atoms with van der Waals surface area (Å²) in [6, 6.07) is 13.8. The van der Waals surface area contributed by atoms with Crippen LogP contribution in [0.2, 0.25) is 0 Å². The van der Waals surface area contributed by atoms with E-state index in [2.05, 4.69) is 4.90 Å². The largest absolute Gasteiger partial charge is 0.466 e. The second-order valence-corrected chi connectivity index (χ2v) is 9.58. The molecule has 1 fully saturated rings. The van der Waals surface area contributed by atoms with Crippen LogP contribution >= 0.6 is 0 Å². The van der Waals surface area contributed by atoms with Crippen LogP contribution in [-0.4, -0.2) is 54.4 Å². The van der Waals surface area contributed by atoms with Gasteiger partial charge >= 0.3 is 5.97 Å². The number of aliphatic hydroxyl groups excluding tert-OH is 1. The van der Waals surface area contributed by atoms with Gasteiger partial charge in [0.05, 0.1) is 25.4 Å². The van der Waals surface area contributed by atoms with Crippen molar-refractivity contribution in [2.24, 2.45) is 0 Å². The second kappa shape index (κ2) is 14.3. The molecule has 3 rings (SSSR count). The van der Waals surface area contributed by atoms with Gasteiger partial charge in [-0.3, -0.25) is 9.69 Å². The molecule has 5 nitrogen and oxygen atoms in total. The molecule has 0 radical (unpaired) electrons. The lowest BCUT2D eigenvalue weighted by molar-refractivity contribution is -0.142. The summed E-state index contributed by atoms with van der Waals surface area (Å²) in [6.07, 6.45) is 7.10. The number of likely N-dealkylation sites (tertiary alicyclic amines) is 1. The molecule has 1 N–H and O–H groups in total. The average molecular weight is 498 g/mol. The highest BCUT2D eigenvalue weighted by atomic mass is 19.1. The van der Waals surface area contributed by atoms with E-state index in [0.29, 0.717) is 37.6 Å². The van der Waals surface area contributed by atoms with Gasteiger partial charge in [0.1, 0.15) is 5.82 Å². The van der Waals surface area contributed by atoms with Crippen LogP contribution in [0.4, 0.5) is 4.39 Å². The van der Waals surface area contributed by atoms with E-state index in [1.165, 1.54) is 0 Å². The normalized spacial score (nSPS) is 18.0. The van der Waals surface area contributed by atoms with Gasteiger partial charge in [0.25, 0.3) is 0 Å². The molecular formula is C30H40FNO4. The summed E-state index contributed by atoms with van der Waals surface area (Å²) < 4.78 is 25.0. The molecule has 0 saturated carbocycles. The fraction of sp³-hybridized carbons (Fsp3) is 0.500. The minimum Gasteiger partial charge on any atom is -0.466 e. The summed E-state index contributed by atoms with van der Waals surface area (Å²) in [6.45, 7) is 7.69. The molecule has 2 aromatic rings. The molecule has 1 heterocycles. The van der Waals surface area contributed by atoms with Crippen LogP contribution in [0.3, 0.4) is 0 Å². The SMILES string of the molecule is CCOC(=O)CC/C=C/c1ccccc1[C@@H](C)OC[C@H](O)CN1CCC[C@H]1Cc1ccc(C)c(F)c1. The molecule has 3 atom stereocenters. The van der Waals surface area contributed by atoms with Crippen molar-refractivity contribution in [3.8, 4) is 0 Å². The number of benzene rings is 2. The zero-order chi connectivity index (χ0) is 25.9. The number of hydrogen-bond acceptors (Lipinski definition) is 5. The summed E-state index contributed by atoms with van der Waals surface area (Å²) >= 11 is 0. The molecule has 1 aliphatic rings. The van der Waals surface area contributed by atoms with Crippen molar-refractivity contribution in [2.75, 3.05) is 26.3 Å². The lowest BCUT2D eigenvalue weighted by Gasteiger charge is -2.27. The smallest absolute Gasteiger partial charge is 0.306 e. The molecule has 36 heavy (non-hydrogen) atoms. The van der Waals surface area contributed by atoms with Crippen molar-refractivity contribution in [3.05, 3.63) is 76.6 Å². The summed E-state index contributed by atoms with van der Waals surface area (Å²) in [4.78, 5) is 13.8. The molecule has 0 spiro atoms. The second-order valence-electron chi connectivity index (χ2n) is 9.58. The maximum absolute atomic E-state index is 14.0. The standard InChI is InChI=1S/C30H40FNO4/c1-4-35-30(34)14-8-6-11-25-10-5-7-13-28(25)23(3)36-21-27(33)20-32-17-9-12-26(32)18-24-16-15-22(2)29(31)19-24/h5-7,10-11,13,15-16,19,23,26-27,33H,4,8-9,12,14,17-18,20-21H2,1-3H3/b11-6+/t23-,26+,27-/m1/s1. The Labute approximate surface area is 214 Å². The maximum atomic E-state index is 14.0. The van der Waals surface area contributed by atoms with Crippen LogP contribution in [0, 0.1) is 12.7 Å². The molecule has 1 saturated heterocycles. The minimum absolute atomic E-state index is 0.159. The zero-order valence-electron chi connectivity index (χ0n) is 21.8. The van der Waals surface area contributed by atoms with E-state index in [4.69, 9.17) is 9.47 Å². The number of aliphatic hydroxyl groups is 1. The van der Waals surface area contributed by atoms with E-state index in [0.717, 1.165) is 42.5 Å². The van der Waals surface area contributed by atoms with Crippen LogP contribution < -0.4 is 0 Å². The number of carbonyl (C=O) groups is 1. The van der Waals surface area contributed by atoms with Crippen LogP contribution in [-0.2, 0) is 20.7 Å². The molecule has 0 unspecified atom stereocenters. The van der Waals surface area contributed by atoms with Gasteiger partial charge in [-0.2, -0.15) is 0 Å². The highest BCUT2D eigenvalue weighted by molar-refractivity contribution is 5.69. The number of aryl methyl sites for hydroxylation is 1. The third kappa shape index (κ3) is 8.54. The van der Waals surface area contributed by atoms with Crippen molar-refractivity contribution < 1.29 is 23.8 Å². The van der Waals surface area contributed by atoms with E-state index < -0.39 is 6.10 Å². The predicted octanol–water partition coefficient (Wildman–Crippen LogP) is 5.64. The van der Waals surface area contributed by atoms with Crippen molar-refractivity contribution >= 4 is 12.0 Å². The third-order valence-electron chi connectivity index (χ3n) is 6.74. The van der Waals surface area contributed by atoms with Gasteiger partial charge < -0.3 is 14.6 Å². The lowest BCUT2D eigenvalue weighted by Crippen LogP contribution is -2.39. The monoisotopic (exact) mass is 497 g/mol. The van der Waals surface area contributed by atoms with Crippen LogP contribution in [0.1, 0.15) is 67.9 Å². The predicted molar refractivity (Wildman–Crippen MR) is 141 cm³/mol. The number of β-amino-alcohol motifs (C(OH)–C–C–N with tert-alkyl or cyclic N) is 1. The van der Waals surface area contributed by atoms with Gasteiger partial charge in [-0.05, 0) is 81.3 Å². The zero-order valence-corrected chi connectivity index (χ0v) is 21.8. The molecular weight excluding hydrogens is 457 g/mol. The number of allylic oxidation sites excluding steroid dienone is 1. The summed E-state index contributed by atoms with van der Waals surface area (Å²) in [5, 5.41) is 10.7. The summed E-state index contributed by atoms with van der Waals surface area (Å²) in [5.74, 6) is -0.346. The number of esters is 1. The van der Waals surface area contributed by atoms with Crippen molar-refractivity contribution in [2.45, 2.75) is 71.1 Å². The van der Waals surface area contributed by atoms with Crippen LogP contribution in [0.25, 0.3) is 6.08 Å². The number of rotatable bonds is 13. The first kappa shape index (κ1) is 28.0. The quantitative estimate of drug-likeness (QED) is 0.363. The molecule has 0 bridgehead atoms. The molecule has 0 aromatic heterocycles. The molecule has 0 aliphatic carbocycles. The number of nitrogens with zero attached hydrogens (tertiary/aromatic N) is 1. The molecule has 6 heteroatoms. The fourth-order valence-corrected chi connectivity index (χ4v) is 4.75. The average Bonchev–Trinajstić information content (AvgIpc) is 3.29. The number of halogens is 1. The summed E-state index contributed by atoms with van der Waals surface area (Å²) in [7, 11) is 0. The van der Waals surface area contributed by atoms with Gasteiger partial charge in [0, 0.05) is 19.0 Å². The van der Waals surface area contributed by atoms with Gasteiger partial charge in [0.15, 0.2) is 0 Å². The van der Waals surface area contributed by atoms with Gasteiger partial charge in [-0.25, -0.2) is 4.39 Å². The Balaban J connectivity index is 1.49. The Hall–Kier alpha value is -2.54. The highest BCUT2D eigenvalue weighted by Gasteiger charge is 2.27. The van der Waals surface area contributed by atoms with E-state index in [9.17, 15) is 14.3 Å². The first-order valence-electron chi connectivity index (χ1n) is 13.1. The first-order chi connectivity index (χ1) is 17.4. The molecule has 196 valence electrons. The van der Waals surface area contributed by atoms with Crippen molar-refractivity contribution in [1.82, 2.24) is 4.90 Å². The molecule has 0 amide bonds. The molecule has 1 aliphatic heterocycles. The van der Waals surface area contributed by atoms with E-state index in [1.54, 1.807) is 19.9 Å². The Morgan fingerprint density at radius 1 is 1.28 bits per heavy atom. The van der Waals surface area contributed by atoms with Gasteiger partial charge in [0.2, 0.25) is 0 Å². The number of carbonyl (C=O) groups excluding carboxylic acids is 1.